The second-order valence-electron chi connectivity index (χ2n) is 3.58. The molecule has 3 nitrogen and oxygen atoms in total. The molecular formula is C8H13NO2. The van der Waals surface area contributed by atoms with Gasteiger partial charge in [-0.1, -0.05) is 13.8 Å². The van der Waals surface area contributed by atoms with Crippen molar-refractivity contribution in [3.8, 4) is 0 Å². The van der Waals surface area contributed by atoms with E-state index in [-0.39, 0.29) is 0 Å². The SMILES string of the molecule is CC1(C)CC1N/C=C/C(=O)O. The first-order valence-electron chi connectivity index (χ1n) is 3.68. The molecule has 0 amide bonds. The molecule has 1 atom stereocenters. The van der Waals surface area contributed by atoms with Crippen molar-refractivity contribution in [1.82, 2.24) is 5.32 Å². The van der Waals surface area contributed by atoms with Crippen LogP contribution in [0.5, 0.6) is 0 Å². The molecule has 1 aliphatic rings. The summed E-state index contributed by atoms with van der Waals surface area (Å²) in [5, 5.41) is 11.3. The topological polar surface area (TPSA) is 49.3 Å². The van der Waals surface area contributed by atoms with Crippen molar-refractivity contribution in [2.75, 3.05) is 0 Å². The number of carboxylic acids is 1. The van der Waals surface area contributed by atoms with Gasteiger partial charge in [0.1, 0.15) is 0 Å². The number of rotatable bonds is 3. The van der Waals surface area contributed by atoms with Gasteiger partial charge in [0.15, 0.2) is 0 Å². The lowest BCUT2D eigenvalue weighted by molar-refractivity contribution is -0.131. The number of aliphatic carboxylic acids is 1. The summed E-state index contributed by atoms with van der Waals surface area (Å²) in [7, 11) is 0. The van der Waals surface area contributed by atoms with Crippen LogP contribution in [-0.4, -0.2) is 17.1 Å². The summed E-state index contributed by atoms with van der Waals surface area (Å²) in [5.74, 6) is -0.907. The minimum Gasteiger partial charge on any atom is -0.478 e. The normalized spacial score (nSPS) is 26.9. The Morgan fingerprint density at radius 1 is 1.73 bits per heavy atom. The maximum Gasteiger partial charge on any atom is 0.329 e. The number of carbonyl (C=O) groups is 1. The first-order chi connectivity index (χ1) is 5.02. The predicted molar refractivity (Wildman–Crippen MR) is 42.1 cm³/mol. The van der Waals surface area contributed by atoms with E-state index >= 15 is 0 Å². The lowest BCUT2D eigenvalue weighted by Crippen LogP contribution is -2.13. The van der Waals surface area contributed by atoms with E-state index in [1.165, 1.54) is 6.20 Å². The average Bonchev–Trinajstić information content (AvgIpc) is 2.39. The Morgan fingerprint density at radius 2 is 2.27 bits per heavy atom. The van der Waals surface area contributed by atoms with Crippen LogP contribution >= 0.6 is 0 Å². The molecule has 0 heterocycles. The first-order valence-corrected chi connectivity index (χ1v) is 3.68. The van der Waals surface area contributed by atoms with Gasteiger partial charge in [-0.2, -0.15) is 0 Å². The van der Waals surface area contributed by atoms with E-state index in [9.17, 15) is 4.79 Å². The highest BCUT2D eigenvalue weighted by atomic mass is 16.4. The molecule has 0 aromatic rings. The van der Waals surface area contributed by atoms with E-state index in [0.29, 0.717) is 11.5 Å². The molecule has 1 unspecified atom stereocenters. The highest BCUT2D eigenvalue weighted by Crippen LogP contribution is 2.44. The summed E-state index contributed by atoms with van der Waals surface area (Å²) in [6.45, 7) is 4.30. The van der Waals surface area contributed by atoms with Crippen LogP contribution in [0.1, 0.15) is 20.3 Å². The molecule has 62 valence electrons. The number of carboxylic acid groups (broad SMARTS) is 1. The summed E-state index contributed by atoms with van der Waals surface area (Å²) in [5.41, 5.74) is 0.350. The molecule has 0 spiro atoms. The Labute approximate surface area is 66.1 Å². The van der Waals surface area contributed by atoms with Crippen LogP contribution in [0.3, 0.4) is 0 Å². The molecule has 3 heteroatoms. The van der Waals surface area contributed by atoms with Gasteiger partial charge in [0.05, 0.1) is 0 Å². The number of hydrogen-bond acceptors (Lipinski definition) is 2. The average molecular weight is 155 g/mol. The molecule has 1 fully saturated rings. The van der Waals surface area contributed by atoms with Gasteiger partial charge in [-0.3, -0.25) is 0 Å². The zero-order valence-electron chi connectivity index (χ0n) is 6.79. The van der Waals surface area contributed by atoms with Crippen molar-refractivity contribution < 1.29 is 9.90 Å². The van der Waals surface area contributed by atoms with E-state index in [0.717, 1.165) is 12.5 Å². The number of nitrogens with one attached hydrogen (secondary N) is 1. The summed E-state index contributed by atoms with van der Waals surface area (Å²) >= 11 is 0. The summed E-state index contributed by atoms with van der Waals surface area (Å²) in [6.07, 6.45) is 3.74. The van der Waals surface area contributed by atoms with E-state index < -0.39 is 5.97 Å². The van der Waals surface area contributed by atoms with Crippen molar-refractivity contribution in [2.24, 2.45) is 5.41 Å². The monoisotopic (exact) mass is 155 g/mol. The Balaban J connectivity index is 2.20. The summed E-state index contributed by atoms with van der Waals surface area (Å²) in [4.78, 5) is 10.0. The Kier molecular flexibility index (Phi) is 1.89. The van der Waals surface area contributed by atoms with Crippen LogP contribution in [0, 0.1) is 5.41 Å². The Bertz CT molecular complexity index is 196. The lowest BCUT2D eigenvalue weighted by Gasteiger charge is -2.00. The van der Waals surface area contributed by atoms with Gasteiger partial charge >= 0.3 is 5.97 Å². The van der Waals surface area contributed by atoms with Gasteiger partial charge in [-0.25, -0.2) is 4.79 Å². The second-order valence-corrected chi connectivity index (χ2v) is 3.58. The summed E-state index contributed by atoms with van der Waals surface area (Å²) < 4.78 is 0. The third kappa shape index (κ3) is 2.26. The van der Waals surface area contributed by atoms with Crippen molar-refractivity contribution in [3.05, 3.63) is 12.3 Å². The molecule has 11 heavy (non-hydrogen) atoms. The highest BCUT2D eigenvalue weighted by Gasteiger charge is 2.44. The minimum absolute atomic E-state index is 0.350. The van der Waals surface area contributed by atoms with Crippen molar-refractivity contribution in [3.63, 3.8) is 0 Å². The fourth-order valence-electron chi connectivity index (χ4n) is 0.987. The maximum atomic E-state index is 10.0. The molecule has 0 saturated heterocycles. The van der Waals surface area contributed by atoms with E-state index in [1.54, 1.807) is 0 Å². The van der Waals surface area contributed by atoms with Crippen LogP contribution in [0.2, 0.25) is 0 Å². The molecule has 1 aliphatic carbocycles. The smallest absolute Gasteiger partial charge is 0.329 e. The van der Waals surface area contributed by atoms with Crippen LogP contribution in [-0.2, 0) is 4.79 Å². The van der Waals surface area contributed by atoms with Crippen LogP contribution in [0.4, 0.5) is 0 Å². The molecule has 0 bridgehead atoms. The largest absolute Gasteiger partial charge is 0.478 e. The van der Waals surface area contributed by atoms with Crippen LogP contribution in [0.15, 0.2) is 12.3 Å². The molecule has 0 aromatic heterocycles. The minimum atomic E-state index is -0.907. The van der Waals surface area contributed by atoms with Crippen molar-refractivity contribution in [2.45, 2.75) is 26.3 Å². The third-order valence-electron chi connectivity index (χ3n) is 2.04. The van der Waals surface area contributed by atoms with Crippen LogP contribution < -0.4 is 5.32 Å². The van der Waals surface area contributed by atoms with Gasteiger partial charge in [0, 0.05) is 18.3 Å². The van der Waals surface area contributed by atoms with Gasteiger partial charge in [0.2, 0.25) is 0 Å². The van der Waals surface area contributed by atoms with Crippen molar-refractivity contribution >= 4 is 5.97 Å². The Hall–Kier alpha value is -0.990. The zero-order valence-corrected chi connectivity index (χ0v) is 6.79. The molecule has 0 radical (unpaired) electrons. The van der Waals surface area contributed by atoms with Gasteiger partial charge in [-0.15, -0.1) is 0 Å². The Morgan fingerprint density at radius 3 is 2.64 bits per heavy atom. The van der Waals surface area contributed by atoms with E-state index in [1.807, 2.05) is 0 Å². The fraction of sp³-hybridized carbons (Fsp3) is 0.625. The lowest BCUT2D eigenvalue weighted by atomic mass is 10.2. The van der Waals surface area contributed by atoms with Gasteiger partial charge in [0.25, 0.3) is 0 Å². The quantitative estimate of drug-likeness (QED) is 0.597. The highest BCUT2D eigenvalue weighted by molar-refractivity contribution is 5.79. The maximum absolute atomic E-state index is 10.0. The predicted octanol–water partition coefficient (Wildman–Crippen LogP) is 0.973. The zero-order chi connectivity index (χ0) is 8.48. The van der Waals surface area contributed by atoms with E-state index in [2.05, 4.69) is 19.2 Å². The van der Waals surface area contributed by atoms with E-state index in [4.69, 9.17) is 5.11 Å². The molecule has 1 saturated carbocycles. The first kappa shape index (κ1) is 8.11. The number of hydrogen-bond donors (Lipinski definition) is 2. The van der Waals surface area contributed by atoms with Crippen LogP contribution in [0.25, 0.3) is 0 Å². The van der Waals surface area contributed by atoms with Gasteiger partial charge in [-0.05, 0) is 11.8 Å². The fourth-order valence-corrected chi connectivity index (χ4v) is 0.987. The molecule has 2 N–H and O–H groups in total. The van der Waals surface area contributed by atoms with Gasteiger partial charge < -0.3 is 10.4 Å². The third-order valence-corrected chi connectivity index (χ3v) is 2.04. The standard InChI is InChI=1S/C8H13NO2/c1-8(2)5-6(8)9-4-3-7(10)11/h3-4,6,9H,5H2,1-2H3,(H,10,11)/b4-3+. The van der Waals surface area contributed by atoms with Crippen molar-refractivity contribution in [1.29, 1.82) is 0 Å². The molecule has 1 rings (SSSR count). The molecule has 0 aromatic carbocycles. The second kappa shape index (κ2) is 2.57. The summed E-state index contributed by atoms with van der Waals surface area (Å²) in [6, 6.07) is 0.457. The molecular weight excluding hydrogens is 142 g/mol. The molecule has 0 aliphatic heterocycles.